The van der Waals surface area contributed by atoms with E-state index in [-0.39, 0.29) is 6.04 Å². The molecule has 0 radical (unpaired) electrons. The van der Waals surface area contributed by atoms with Gasteiger partial charge in [-0.15, -0.1) is 0 Å². The van der Waals surface area contributed by atoms with Crippen molar-refractivity contribution in [2.45, 2.75) is 19.5 Å². The van der Waals surface area contributed by atoms with E-state index in [2.05, 4.69) is 23.3 Å². The Kier molecular flexibility index (Phi) is 3.84. The Hall–Kier alpha value is -2.39. The predicted octanol–water partition coefficient (Wildman–Crippen LogP) is 3.79. The molecule has 2 aromatic carbocycles. The number of fused-ring (bicyclic) bond motifs is 1. The van der Waals surface area contributed by atoms with E-state index in [4.69, 9.17) is 0 Å². The van der Waals surface area contributed by atoms with Gasteiger partial charge in [-0.1, -0.05) is 36.4 Å². The monoisotopic (exact) mass is 278 g/mol. The lowest BCUT2D eigenvalue weighted by atomic mass is 10.0. The molecule has 3 nitrogen and oxygen atoms in total. The molecule has 0 aliphatic carbocycles. The van der Waals surface area contributed by atoms with Gasteiger partial charge in [-0.3, -0.25) is 4.98 Å². The van der Waals surface area contributed by atoms with Crippen molar-refractivity contribution < 1.29 is 5.11 Å². The number of nitrogens with zero attached hydrogens (tertiary/aromatic N) is 1. The Morgan fingerprint density at radius 1 is 1.05 bits per heavy atom. The maximum atomic E-state index is 10.1. The molecule has 3 aromatic rings. The van der Waals surface area contributed by atoms with Gasteiger partial charge in [0.1, 0.15) is 5.75 Å². The fourth-order valence-electron chi connectivity index (χ4n) is 2.50. The van der Waals surface area contributed by atoms with E-state index in [1.807, 2.05) is 42.5 Å². The molecule has 0 fully saturated rings. The summed E-state index contributed by atoms with van der Waals surface area (Å²) >= 11 is 0. The zero-order chi connectivity index (χ0) is 14.7. The van der Waals surface area contributed by atoms with E-state index in [1.54, 1.807) is 12.3 Å². The van der Waals surface area contributed by atoms with Crippen molar-refractivity contribution in [3.8, 4) is 5.75 Å². The molecule has 106 valence electrons. The van der Waals surface area contributed by atoms with Crippen LogP contribution in [-0.4, -0.2) is 10.1 Å². The van der Waals surface area contributed by atoms with E-state index < -0.39 is 0 Å². The first-order chi connectivity index (χ1) is 10.3. The van der Waals surface area contributed by atoms with Gasteiger partial charge in [0.05, 0.1) is 5.69 Å². The molecule has 3 heteroatoms. The number of hydrogen-bond donors (Lipinski definition) is 2. The summed E-state index contributed by atoms with van der Waals surface area (Å²) in [5, 5.41) is 15.8. The Bertz CT molecular complexity index is 741. The fourth-order valence-corrected chi connectivity index (χ4v) is 2.50. The Labute approximate surface area is 124 Å². The summed E-state index contributed by atoms with van der Waals surface area (Å²) in [6.45, 7) is 2.68. The normalized spacial score (nSPS) is 12.4. The van der Waals surface area contributed by atoms with Crippen LogP contribution in [0.5, 0.6) is 5.75 Å². The van der Waals surface area contributed by atoms with Crippen molar-refractivity contribution in [1.29, 1.82) is 0 Å². The molecule has 0 aliphatic heterocycles. The highest BCUT2D eigenvalue weighted by Crippen LogP contribution is 2.27. The highest BCUT2D eigenvalue weighted by atomic mass is 16.3. The van der Waals surface area contributed by atoms with E-state index >= 15 is 0 Å². The van der Waals surface area contributed by atoms with Crippen LogP contribution >= 0.6 is 0 Å². The largest absolute Gasteiger partial charge is 0.508 e. The molecule has 1 unspecified atom stereocenters. The van der Waals surface area contributed by atoms with Gasteiger partial charge < -0.3 is 10.4 Å². The number of aromatic nitrogens is 1. The van der Waals surface area contributed by atoms with E-state index in [0.29, 0.717) is 12.3 Å². The highest BCUT2D eigenvalue weighted by molar-refractivity contribution is 5.87. The molecule has 0 bridgehead atoms. The third-order valence-electron chi connectivity index (χ3n) is 3.73. The second kappa shape index (κ2) is 5.94. The van der Waals surface area contributed by atoms with Crippen LogP contribution in [0.1, 0.15) is 24.2 Å². The van der Waals surface area contributed by atoms with Crippen LogP contribution in [0, 0.1) is 0 Å². The zero-order valence-corrected chi connectivity index (χ0v) is 12.0. The second-order valence-electron chi connectivity index (χ2n) is 5.14. The van der Waals surface area contributed by atoms with Gasteiger partial charge in [0.25, 0.3) is 0 Å². The summed E-state index contributed by atoms with van der Waals surface area (Å²) in [5.74, 6) is 0.328. The molecule has 0 amide bonds. The van der Waals surface area contributed by atoms with Crippen LogP contribution in [0.25, 0.3) is 10.8 Å². The Morgan fingerprint density at radius 2 is 1.86 bits per heavy atom. The zero-order valence-electron chi connectivity index (χ0n) is 12.0. The lowest BCUT2D eigenvalue weighted by Crippen LogP contribution is -2.19. The molecule has 1 atom stereocenters. The number of rotatable bonds is 4. The number of nitrogens with one attached hydrogen (secondary N) is 1. The molecular formula is C18H18N2O. The summed E-state index contributed by atoms with van der Waals surface area (Å²) in [6, 6.07) is 17.8. The number of benzene rings is 2. The molecule has 2 N–H and O–H groups in total. The minimum Gasteiger partial charge on any atom is -0.508 e. The molecule has 3 rings (SSSR count). The molecule has 0 saturated carbocycles. The van der Waals surface area contributed by atoms with Crippen LogP contribution in [0.3, 0.4) is 0 Å². The van der Waals surface area contributed by atoms with Crippen molar-refractivity contribution in [2.75, 3.05) is 0 Å². The molecule has 1 aromatic heterocycles. The number of phenols is 1. The SMILES string of the molecule is CC(NCc1c(O)ccc2ccccc12)c1ccccn1. The maximum absolute atomic E-state index is 10.1. The van der Waals surface area contributed by atoms with Crippen LogP contribution in [0.2, 0.25) is 0 Å². The summed E-state index contributed by atoms with van der Waals surface area (Å²) < 4.78 is 0. The predicted molar refractivity (Wildman–Crippen MR) is 85.1 cm³/mol. The quantitative estimate of drug-likeness (QED) is 0.763. The first kappa shape index (κ1) is 13.6. The van der Waals surface area contributed by atoms with E-state index in [1.165, 1.54) is 0 Å². The Morgan fingerprint density at radius 3 is 2.67 bits per heavy atom. The van der Waals surface area contributed by atoms with Gasteiger partial charge in [-0.2, -0.15) is 0 Å². The Balaban J connectivity index is 1.84. The number of hydrogen-bond acceptors (Lipinski definition) is 3. The molecule has 0 aliphatic rings. The van der Waals surface area contributed by atoms with Gasteiger partial charge in [0.15, 0.2) is 0 Å². The summed E-state index contributed by atoms with van der Waals surface area (Å²) in [4.78, 5) is 4.35. The van der Waals surface area contributed by atoms with Crippen LogP contribution in [0.4, 0.5) is 0 Å². The number of aromatic hydroxyl groups is 1. The van der Waals surface area contributed by atoms with Crippen molar-refractivity contribution in [3.05, 3.63) is 72.1 Å². The van der Waals surface area contributed by atoms with Crippen LogP contribution < -0.4 is 5.32 Å². The summed E-state index contributed by atoms with van der Waals surface area (Å²) in [6.07, 6.45) is 1.79. The van der Waals surface area contributed by atoms with Gasteiger partial charge in [-0.05, 0) is 35.9 Å². The third kappa shape index (κ3) is 2.88. The first-order valence-corrected chi connectivity index (χ1v) is 7.09. The lowest BCUT2D eigenvalue weighted by Gasteiger charge is -2.15. The minimum atomic E-state index is 0.129. The number of pyridine rings is 1. The molecule has 21 heavy (non-hydrogen) atoms. The first-order valence-electron chi connectivity index (χ1n) is 7.09. The van der Waals surface area contributed by atoms with E-state index in [0.717, 1.165) is 22.0 Å². The highest BCUT2D eigenvalue weighted by Gasteiger charge is 2.10. The van der Waals surface area contributed by atoms with Gasteiger partial charge in [0.2, 0.25) is 0 Å². The van der Waals surface area contributed by atoms with Crippen LogP contribution in [-0.2, 0) is 6.54 Å². The topological polar surface area (TPSA) is 45.1 Å². The standard InChI is InChI=1S/C18H18N2O/c1-13(17-8-4-5-11-19-17)20-12-16-15-7-3-2-6-14(15)9-10-18(16)21/h2-11,13,20-21H,12H2,1H3. The average Bonchev–Trinajstić information content (AvgIpc) is 2.54. The summed E-state index contributed by atoms with van der Waals surface area (Å²) in [7, 11) is 0. The van der Waals surface area contributed by atoms with Gasteiger partial charge >= 0.3 is 0 Å². The van der Waals surface area contributed by atoms with Crippen molar-refractivity contribution in [1.82, 2.24) is 10.3 Å². The van der Waals surface area contributed by atoms with Crippen molar-refractivity contribution in [2.24, 2.45) is 0 Å². The third-order valence-corrected chi connectivity index (χ3v) is 3.73. The van der Waals surface area contributed by atoms with Gasteiger partial charge in [0, 0.05) is 24.3 Å². The average molecular weight is 278 g/mol. The van der Waals surface area contributed by atoms with Crippen LogP contribution in [0.15, 0.2) is 60.8 Å². The minimum absolute atomic E-state index is 0.129. The van der Waals surface area contributed by atoms with E-state index in [9.17, 15) is 5.11 Å². The fraction of sp³-hybridized carbons (Fsp3) is 0.167. The maximum Gasteiger partial charge on any atom is 0.120 e. The van der Waals surface area contributed by atoms with Crippen molar-refractivity contribution in [3.63, 3.8) is 0 Å². The smallest absolute Gasteiger partial charge is 0.120 e. The molecule has 1 heterocycles. The van der Waals surface area contributed by atoms with Crippen molar-refractivity contribution >= 4 is 10.8 Å². The molecule has 0 spiro atoms. The summed E-state index contributed by atoms with van der Waals surface area (Å²) in [5.41, 5.74) is 1.92. The lowest BCUT2D eigenvalue weighted by molar-refractivity contribution is 0.461. The molecular weight excluding hydrogens is 260 g/mol. The number of phenolic OH excluding ortho intramolecular Hbond substituents is 1. The molecule has 0 saturated heterocycles. The second-order valence-corrected chi connectivity index (χ2v) is 5.14. The van der Waals surface area contributed by atoms with Gasteiger partial charge in [-0.25, -0.2) is 0 Å².